The highest BCUT2D eigenvalue weighted by Gasteiger charge is 2.35. The van der Waals surface area contributed by atoms with Gasteiger partial charge in [0.1, 0.15) is 11.6 Å². The van der Waals surface area contributed by atoms with Gasteiger partial charge in [-0.1, -0.05) is 29.8 Å². The van der Waals surface area contributed by atoms with E-state index in [1.54, 1.807) is 13.2 Å². The van der Waals surface area contributed by atoms with Gasteiger partial charge in [0.25, 0.3) is 0 Å². The molecule has 0 fully saturated rings. The molecule has 1 aliphatic heterocycles. The van der Waals surface area contributed by atoms with Gasteiger partial charge in [-0.25, -0.2) is 0 Å². The minimum absolute atomic E-state index is 0.0374. The number of nitrogens with two attached hydrogens (primary N) is 1. The van der Waals surface area contributed by atoms with Crippen LogP contribution in [0.1, 0.15) is 22.7 Å². The maximum Gasteiger partial charge on any atom is 0.244 e. The first-order valence-corrected chi connectivity index (χ1v) is 6.93. The Hall–Kier alpha value is -2.49. The van der Waals surface area contributed by atoms with Crippen molar-refractivity contribution in [3.05, 3.63) is 57.6 Å². The number of benzene rings is 1. The summed E-state index contributed by atoms with van der Waals surface area (Å²) in [6, 6.07) is 9.44. The van der Waals surface area contributed by atoms with Crippen LogP contribution in [0.3, 0.4) is 0 Å². The van der Waals surface area contributed by atoms with Crippen molar-refractivity contribution in [3.8, 4) is 11.9 Å². The standard InChI is InChI=1S/C15H13ClN4O2/c1-21-7-11-13-12(8-4-2-3-5-10(8)16)9(6-17)14(18)22-15(13)20-19-11/h2-5,12H,7,18H2,1H3,(H,19,20)/t12-/m0/s1. The maximum atomic E-state index is 9.50. The van der Waals surface area contributed by atoms with Crippen molar-refractivity contribution in [3.63, 3.8) is 0 Å². The third-order valence-corrected chi connectivity index (χ3v) is 3.87. The van der Waals surface area contributed by atoms with E-state index >= 15 is 0 Å². The van der Waals surface area contributed by atoms with Crippen LogP contribution in [0, 0.1) is 11.3 Å². The summed E-state index contributed by atoms with van der Waals surface area (Å²) in [7, 11) is 1.58. The molecule has 0 unspecified atom stereocenters. The first-order chi connectivity index (χ1) is 10.7. The van der Waals surface area contributed by atoms with Crippen molar-refractivity contribution in [2.45, 2.75) is 12.5 Å². The van der Waals surface area contributed by atoms with Gasteiger partial charge in [0.2, 0.25) is 11.8 Å². The molecule has 0 spiro atoms. The summed E-state index contributed by atoms with van der Waals surface area (Å²) in [5.74, 6) is -0.0600. The Labute approximate surface area is 132 Å². The van der Waals surface area contributed by atoms with Crippen molar-refractivity contribution in [1.29, 1.82) is 5.26 Å². The first-order valence-electron chi connectivity index (χ1n) is 6.55. The van der Waals surface area contributed by atoms with Crippen LogP contribution in [0.4, 0.5) is 0 Å². The minimum atomic E-state index is -0.439. The Bertz CT molecular complexity index is 791. The largest absolute Gasteiger partial charge is 0.420 e. The molecule has 0 aliphatic carbocycles. The van der Waals surface area contributed by atoms with Gasteiger partial charge in [0, 0.05) is 12.1 Å². The number of methoxy groups -OCH3 is 1. The van der Waals surface area contributed by atoms with Gasteiger partial charge < -0.3 is 15.2 Å². The molecule has 0 bridgehead atoms. The van der Waals surface area contributed by atoms with Crippen molar-refractivity contribution >= 4 is 11.6 Å². The van der Waals surface area contributed by atoms with E-state index in [1.165, 1.54) is 0 Å². The van der Waals surface area contributed by atoms with E-state index in [9.17, 15) is 5.26 Å². The molecule has 1 aromatic carbocycles. The fourth-order valence-electron chi connectivity index (χ4n) is 2.58. The van der Waals surface area contributed by atoms with E-state index in [-0.39, 0.29) is 5.88 Å². The van der Waals surface area contributed by atoms with Crippen molar-refractivity contribution < 1.29 is 9.47 Å². The lowest BCUT2D eigenvalue weighted by atomic mass is 9.84. The van der Waals surface area contributed by atoms with Crippen LogP contribution in [0.15, 0.2) is 35.7 Å². The Morgan fingerprint density at radius 1 is 1.50 bits per heavy atom. The Morgan fingerprint density at radius 3 is 2.95 bits per heavy atom. The minimum Gasteiger partial charge on any atom is -0.420 e. The molecular weight excluding hydrogens is 304 g/mol. The highest BCUT2D eigenvalue weighted by atomic mass is 35.5. The molecule has 3 rings (SSSR count). The predicted octanol–water partition coefficient (Wildman–Crippen LogP) is 2.43. The van der Waals surface area contributed by atoms with E-state index in [4.69, 9.17) is 26.8 Å². The van der Waals surface area contributed by atoms with E-state index < -0.39 is 5.92 Å². The topological polar surface area (TPSA) is 97.0 Å². The number of allylic oxidation sites excluding steroid dienone is 1. The highest BCUT2D eigenvalue weighted by Crippen LogP contribution is 2.44. The number of nitrogens with one attached hydrogen (secondary N) is 1. The average Bonchev–Trinajstić information content (AvgIpc) is 2.89. The predicted molar refractivity (Wildman–Crippen MR) is 80.1 cm³/mol. The second-order valence-corrected chi connectivity index (χ2v) is 5.21. The summed E-state index contributed by atoms with van der Waals surface area (Å²) in [5, 5.41) is 17.0. The number of halogens is 1. The van der Waals surface area contributed by atoms with Crippen LogP contribution in [-0.4, -0.2) is 17.3 Å². The molecule has 0 saturated carbocycles. The van der Waals surface area contributed by atoms with Crippen LogP contribution < -0.4 is 10.5 Å². The van der Waals surface area contributed by atoms with Gasteiger partial charge in [-0.05, 0) is 11.6 Å². The van der Waals surface area contributed by atoms with E-state index in [1.807, 2.05) is 18.2 Å². The molecule has 112 valence electrons. The summed E-state index contributed by atoms with van der Waals surface area (Å²) in [4.78, 5) is 0. The second-order valence-electron chi connectivity index (χ2n) is 4.80. The number of hydrogen-bond acceptors (Lipinski definition) is 5. The monoisotopic (exact) mass is 316 g/mol. The molecule has 0 saturated heterocycles. The summed E-state index contributed by atoms with van der Waals surface area (Å²) < 4.78 is 10.6. The summed E-state index contributed by atoms with van der Waals surface area (Å²) in [5.41, 5.74) is 8.39. The lowest BCUT2D eigenvalue weighted by Gasteiger charge is -2.24. The quantitative estimate of drug-likeness (QED) is 0.906. The van der Waals surface area contributed by atoms with E-state index in [0.717, 1.165) is 16.8 Å². The number of nitriles is 1. The fraction of sp³-hybridized carbons (Fsp3) is 0.200. The van der Waals surface area contributed by atoms with Crippen LogP contribution in [0.25, 0.3) is 0 Å². The highest BCUT2D eigenvalue weighted by molar-refractivity contribution is 6.31. The number of fused-ring (bicyclic) bond motifs is 1. The summed E-state index contributed by atoms with van der Waals surface area (Å²) >= 11 is 6.31. The van der Waals surface area contributed by atoms with Crippen molar-refractivity contribution in [2.75, 3.05) is 7.11 Å². The van der Waals surface area contributed by atoms with Gasteiger partial charge in [-0.2, -0.15) is 5.26 Å². The molecule has 2 aromatic rings. The maximum absolute atomic E-state index is 9.50. The Balaban J connectivity index is 2.24. The third-order valence-electron chi connectivity index (χ3n) is 3.52. The molecule has 1 aromatic heterocycles. The Morgan fingerprint density at radius 2 is 2.27 bits per heavy atom. The average molecular weight is 317 g/mol. The van der Waals surface area contributed by atoms with E-state index in [2.05, 4.69) is 16.3 Å². The number of rotatable bonds is 3. The van der Waals surface area contributed by atoms with Crippen LogP contribution in [0.5, 0.6) is 5.88 Å². The zero-order valence-corrected chi connectivity index (χ0v) is 12.5. The first kappa shape index (κ1) is 14.4. The van der Waals surface area contributed by atoms with Gasteiger partial charge in [-0.15, -0.1) is 5.10 Å². The third kappa shape index (κ3) is 2.21. The molecule has 3 N–H and O–H groups in total. The SMILES string of the molecule is COCc1[nH]nc2c1[C@@H](c1ccccc1Cl)C(C#N)=C(N)O2. The van der Waals surface area contributed by atoms with E-state index in [0.29, 0.717) is 23.1 Å². The number of nitrogens with zero attached hydrogens (tertiary/aromatic N) is 2. The lowest BCUT2D eigenvalue weighted by Crippen LogP contribution is -2.21. The normalized spacial score (nSPS) is 16.9. The van der Waals surface area contributed by atoms with Crippen LogP contribution >= 0.6 is 11.6 Å². The van der Waals surface area contributed by atoms with Crippen molar-refractivity contribution in [1.82, 2.24) is 10.2 Å². The summed E-state index contributed by atoms with van der Waals surface area (Å²) in [6.45, 7) is 0.311. The smallest absolute Gasteiger partial charge is 0.244 e. The number of aromatic nitrogens is 2. The van der Waals surface area contributed by atoms with Crippen molar-refractivity contribution in [2.24, 2.45) is 5.73 Å². The molecule has 7 heteroatoms. The Kier molecular flexibility index (Phi) is 3.75. The zero-order chi connectivity index (χ0) is 15.7. The summed E-state index contributed by atoms with van der Waals surface area (Å²) in [6.07, 6.45) is 0. The molecule has 6 nitrogen and oxygen atoms in total. The molecule has 0 radical (unpaired) electrons. The molecule has 22 heavy (non-hydrogen) atoms. The molecule has 2 heterocycles. The van der Waals surface area contributed by atoms with Gasteiger partial charge in [-0.3, -0.25) is 5.10 Å². The molecule has 1 aliphatic rings. The van der Waals surface area contributed by atoms with Gasteiger partial charge in [0.05, 0.1) is 23.8 Å². The molecule has 1 atom stereocenters. The molecule has 0 amide bonds. The number of ether oxygens (including phenoxy) is 2. The molecular formula is C15H13ClN4O2. The number of H-pyrrole nitrogens is 1. The lowest BCUT2D eigenvalue weighted by molar-refractivity contribution is 0.180. The number of hydrogen-bond donors (Lipinski definition) is 2. The second kappa shape index (κ2) is 5.72. The van der Waals surface area contributed by atoms with Gasteiger partial charge in [0.15, 0.2) is 0 Å². The fourth-order valence-corrected chi connectivity index (χ4v) is 2.83. The van der Waals surface area contributed by atoms with Crippen LogP contribution in [-0.2, 0) is 11.3 Å². The zero-order valence-electron chi connectivity index (χ0n) is 11.8. The number of aromatic amines is 1. The van der Waals surface area contributed by atoms with Gasteiger partial charge >= 0.3 is 0 Å². The van der Waals surface area contributed by atoms with Crippen LogP contribution in [0.2, 0.25) is 5.02 Å².